The van der Waals surface area contributed by atoms with E-state index in [-0.39, 0.29) is 0 Å². The Morgan fingerprint density at radius 3 is 1.32 bits per heavy atom. The number of ether oxygens (including phenoxy) is 1. The van der Waals surface area contributed by atoms with Crippen molar-refractivity contribution < 1.29 is 4.74 Å². The molecule has 0 saturated carbocycles. The van der Waals surface area contributed by atoms with Gasteiger partial charge in [0.05, 0.1) is 5.41 Å². The van der Waals surface area contributed by atoms with E-state index in [1.807, 2.05) is 60.7 Å². The van der Waals surface area contributed by atoms with Gasteiger partial charge in [-0.25, -0.2) is 15.0 Å². The number of benzene rings is 8. The smallest absolute Gasteiger partial charge is 0.164 e. The summed E-state index contributed by atoms with van der Waals surface area (Å²) in [5.74, 6) is 3.69. The molecule has 8 aromatic carbocycles. The molecule has 2 aliphatic rings. The van der Waals surface area contributed by atoms with Crippen LogP contribution in [0, 0.1) is 0 Å². The molecule has 4 heteroatoms. The molecule has 262 valence electrons. The summed E-state index contributed by atoms with van der Waals surface area (Å²) < 4.78 is 6.55. The fraction of sp³-hybridized carbons (Fsp3) is 0.0192. The average Bonchev–Trinajstić information content (AvgIpc) is 3.57. The van der Waals surface area contributed by atoms with E-state index in [0.717, 1.165) is 61.6 Å². The van der Waals surface area contributed by atoms with Crippen LogP contribution in [-0.2, 0) is 5.41 Å². The van der Waals surface area contributed by atoms with Crippen LogP contribution in [-0.4, -0.2) is 15.0 Å². The second-order valence-electron chi connectivity index (χ2n) is 14.3. The predicted molar refractivity (Wildman–Crippen MR) is 224 cm³/mol. The Hall–Kier alpha value is -7.43. The summed E-state index contributed by atoms with van der Waals surface area (Å²) in [7, 11) is 0. The van der Waals surface area contributed by atoms with Crippen molar-refractivity contribution in [3.8, 4) is 79.0 Å². The van der Waals surface area contributed by atoms with Crippen molar-refractivity contribution >= 4 is 0 Å². The molecule has 11 rings (SSSR count). The zero-order valence-corrected chi connectivity index (χ0v) is 30.3. The van der Waals surface area contributed by atoms with Crippen molar-refractivity contribution in [2.24, 2.45) is 0 Å². The molecule has 0 bridgehead atoms. The first kappa shape index (κ1) is 32.0. The Morgan fingerprint density at radius 2 is 0.714 bits per heavy atom. The number of nitrogens with zero attached hydrogens (tertiary/aromatic N) is 3. The largest absolute Gasteiger partial charge is 0.457 e. The number of aromatic nitrogens is 3. The van der Waals surface area contributed by atoms with Gasteiger partial charge < -0.3 is 4.74 Å². The lowest BCUT2D eigenvalue weighted by Gasteiger charge is -2.39. The van der Waals surface area contributed by atoms with Crippen molar-refractivity contribution in [2.75, 3.05) is 0 Å². The summed E-state index contributed by atoms with van der Waals surface area (Å²) in [5, 5.41) is 0. The van der Waals surface area contributed by atoms with Crippen molar-refractivity contribution in [3.05, 3.63) is 222 Å². The summed E-state index contributed by atoms with van der Waals surface area (Å²) in [6, 6.07) is 70.3. The maximum atomic E-state index is 6.55. The zero-order valence-electron chi connectivity index (χ0n) is 30.3. The van der Waals surface area contributed by atoms with Gasteiger partial charge in [0, 0.05) is 27.8 Å². The van der Waals surface area contributed by atoms with Crippen LogP contribution in [0.4, 0.5) is 0 Å². The van der Waals surface area contributed by atoms with Gasteiger partial charge in [-0.1, -0.05) is 182 Å². The highest BCUT2D eigenvalue weighted by atomic mass is 16.5. The molecule has 2 heterocycles. The molecule has 0 fully saturated rings. The molecular formula is C52H33N3O. The van der Waals surface area contributed by atoms with Gasteiger partial charge in [0.2, 0.25) is 0 Å². The zero-order chi connectivity index (χ0) is 37.1. The van der Waals surface area contributed by atoms with Crippen molar-refractivity contribution in [2.45, 2.75) is 5.41 Å². The monoisotopic (exact) mass is 715 g/mol. The summed E-state index contributed by atoms with van der Waals surface area (Å²) in [6.07, 6.45) is 0. The van der Waals surface area contributed by atoms with Crippen LogP contribution in [0.1, 0.15) is 22.3 Å². The first-order valence-corrected chi connectivity index (χ1v) is 18.9. The Labute approximate surface area is 325 Å². The summed E-state index contributed by atoms with van der Waals surface area (Å²) in [6.45, 7) is 0. The minimum atomic E-state index is -0.506. The summed E-state index contributed by atoms with van der Waals surface area (Å²) in [5.41, 5.74) is 14.1. The SMILES string of the molecule is c1ccc(-c2nc(-c3ccccc3)nc(-c3ccccc3-c3ccccc3-c3ccc4c(c3)-c3ccccc3C43c4ccccc4Oc4ccccc43)n2)cc1. The molecule has 0 unspecified atom stereocenters. The minimum absolute atomic E-state index is 0.506. The van der Waals surface area contributed by atoms with Crippen molar-refractivity contribution in [1.29, 1.82) is 0 Å². The fourth-order valence-electron chi connectivity index (χ4n) is 8.84. The van der Waals surface area contributed by atoms with E-state index in [9.17, 15) is 0 Å². The van der Waals surface area contributed by atoms with Gasteiger partial charge in [-0.3, -0.25) is 0 Å². The lowest BCUT2D eigenvalue weighted by Crippen LogP contribution is -2.32. The van der Waals surface area contributed by atoms with Crippen LogP contribution in [0.5, 0.6) is 11.5 Å². The van der Waals surface area contributed by atoms with Gasteiger partial charge in [0.25, 0.3) is 0 Å². The fourth-order valence-corrected chi connectivity index (χ4v) is 8.84. The van der Waals surface area contributed by atoms with Crippen molar-refractivity contribution in [1.82, 2.24) is 15.0 Å². The first-order chi connectivity index (χ1) is 27.8. The topological polar surface area (TPSA) is 47.9 Å². The van der Waals surface area contributed by atoms with Gasteiger partial charge >= 0.3 is 0 Å². The van der Waals surface area contributed by atoms with E-state index in [1.165, 1.54) is 22.3 Å². The molecule has 56 heavy (non-hydrogen) atoms. The maximum absolute atomic E-state index is 6.55. The first-order valence-electron chi connectivity index (χ1n) is 18.9. The summed E-state index contributed by atoms with van der Waals surface area (Å²) >= 11 is 0. The van der Waals surface area contributed by atoms with Crippen LogP contribution >= 0.6 is 0 Å². The number of hydrogen-bond acceptors (Lipinski definition) is 4. The van der Waals surface area contributed by atoms with Crippen LogP contribution < -0.4 is 4.74 Å². The molecule has 1 spiro atoms. The average molecular weight is 716 g/mol. The van der Waals surface area contributed by atoms with Gasteiger partial charge in [0.15, 0.2) is 17.5 Å². The second kappa shape index (κ2) is 12.9. The molecule has 4 nitrogen and oxygen atoms in total. The van der Waals surface area contributed by atoms with Crippen LogP contribution in [0.15, 0.2) is 200 Å². The van der Waals surface area contributed by atoms with Gasteiger partial charge in [0.1, 0.15) is 11.5 Å². The highest BCUT2D eigenvalue weighted by Gasteiger charge is 2.50. The van der Waals surface area contributed by atoms with E-state index < -0.39 is 5.41 Å². The van der Waals surface area contributed by atoms with Crippen LogP contribution in [0.2, 0.25) is 0 Å². The molecule has 1 aromatic heterocycles. The number of rotatable bonds is 5. The third kappa shape index (κ3) is 4.89. The second-order valence-corrected chi connectivity index (χ2v) is 14.3. The third-order valence-electron chi connectivity index (χ3n) is 11.2. The minimum Gasteiger partial charge on any atom is -0.457 e. The lowest BCUT2D eigenvalue weighted by atomic mass is 9.66. The number of para-hydroxylation sites is 2. The Morgan fingerprint density at radius 1 is 0.286 bits per heavy atom. The molecule has 9 aromatic rings. The van der Waals surface area contributed by atoms with Crippen molar-refractivity contribution in [3.63, 3.8) is 0 Å². The standard InChI is InChI=1S/C52H33N3O/c1-3-17-34(18-4-1)49-53-50(35-19-5-2-6-20-35)55-51(54-49)41-25-10-9-23-39(41)38-22-8-7-21-37(38)36-31-32-44-42(33-36)40-24-11-12-26-43(40)52(44)45-27-13-15-29-47(45)56-48-30-16-14-28-46(48)52/h1-33H. The van der Waals surface area contributed by atoms with Gasteiger partial charge in [-0.15, -0.1) is 0 Å². The lowest BCUT2D eigenvalue weighted by molar-refractivity contribution is 0.436. The number of hydrogen-bond donors (Lipinski definition) is 0. The predicted octanol–water partition coefficient (Wildman–Crippen LogP) is 12.7. The quantitative estimate of drug-likeness (QED) is 0.178. The highest BCUT2D eigenvalue weighted by Crippen LogP contribution is 2.62. The van der Waals surface area contributed by atoms with E-state index in [4.69, 9.17) is 19.7 Å². The molecule has 0 saturated heterocycles. The molecule has 0 N–H and O–H groups in total. The molecule has 0 atom stereocenters. The van der Waals surface area contributed by atoms with Gasteiger partial charge in [-0.05, 0) is 62.7 Å². The Balaban J connectivity index is 1.10. The molecular weight excluding hydrogens is 683 g/mol. The third-order valence-corrected chi connectivity index (χ3v) is 11.2. The highest BCUT2D eigenvalue weighted by molar-refractivity contribution is 5.95. The molecule has 0 amide bonds. The van der Waals surface area contributed by atoms with E-state index in [0.29, 0.717) is 17.5 Å². The van der Waals surface area contributed by atoms with E-state index >= 15 is 0 Å². The molecule has 0 radical (unpaired) electrons. The van der Waals surface area contributed by atoms with Crippen LogP contribution in [0.25, 0.3) is 67.5 Å². The number of fused-ring (bicyclic) bond motifs is 9. The van der Waals surface area contributed by atoms with E-state index in [1.54, 1.807) is 0 Å². The van der Waals surface area contributed by atoms with E-state index in [2.05, 4.69) is 140 Å². The Kier molecular flexibility index (Phi) is 7.36. The van der Waals surface area contributed by atoms with Crippen LogP contribution in [0.3, 0.4) is 0 Å². The molecule has 1 aliphatic carbocycles. The summed E-state index contributed by atoms with van der Waals surface area (Å²) in [4.78, 5) is 15.2. The normalized spacial score (nSPS) is 12.9. The molecule has 1 aliphatic heterocycles. The van der Waals surface area contributed by atoms with Gasteiger partial charge in [-0.2, -0.15) is 0 Å². The Bertz CT molecular complexity index is 2850. The maximum Gasteiger partial charge on any atom is 0.164 e.